The van der Waals surface area contributed by atoms with Gasteiger partial charge in [0.15, 0.2) is 0 Å². The Labute approximate surface area is 109 Å². The van der Waals surface area contributed by atoms with E-state index in [0.29, 0.717) is 17.8 Å². The van der Waals surface area contributed by atoms with Crippen LogP contribution < -0.4 is 5.73 Å². The molecule has 0 amide bonds. The molecule has 4 aliphatic rings. The van der Waals surface area contributed by atoms with Crippen molar-refractivity contribution >= 4 is 5.97 Å². The van der Waals surface area contributed by atoms with Crippen LogP contribution in [0, 0.1) is 29.6 Å². The van der Waals surface area contributed by atoms with Crippen LogP contribution in [-0.4, -0.2) is 16.6 Å². The van der Waals surface area contributed by atoms with Crippen molar-refractivity contribution in [1.82, 2.24) is 0 Å². The van der Waals surface area contributed by atoms with Crippen molar-refractivity contribution in [3.8, 4) is 0 Å². The van der Waals surface area contributed by atoms with E-state index in [1.165, 1.54) is 32.1 Å². The van der Waals surface area contributed by atoms with Crippen molar-refractivity contribution in [3.63, 3.8) is 0 Å². The van der Waals surface area contributed by atoms with Gasteiger partial charge in [0.1, 0.15) is 0 Å². The Bertz CT molecular complexity index is 326. The molecule has 3 N–H and O–H groups in total. The Hall–Kier alpha value is -0.570. The van der Waals surface area contributed by atoms with E-state index in [1.807, 2.05) is 0 Å². The van der Waals surface area contributed by atoms with Gasteiger partial charge in [-0.1, -0.05) is 6.92 Å². The first kappa shape index (κ1) is 12.5. The minimum absolute atomic E-state index is 0.149. The van der Waals surface area contributed by atoms with Crippen LogP contribution in [0.3, 0.4) is 0 Å². The molecule has 0 radical (unpaired) electrons. The average Bonchev–Trinajstić information content (AvgIpc) is 2.26. The van der Waals surface area contributed by atoms with Crippen LogP contribution in [0.4, 0.5) is 0 Å². The zero-order chi connectivity index (χ0) is 12.9. The Kier molecular flexibility index (Phi) is 2.92. The van der Waals surface area contributed by atoms with Gasteiger partial charge in [0, 0.05) is 5.54 Å². The molecular weight excluding hydrogens is 226 g/mol. The normalized spacial score (nSPS) is 44.9. The first-order valence-corrected chi connectivity index (χ1v) is 7.52. The summed E-state index contributed by atoms with van der Waals surface area (Å²) in [4.78, 5) is 11.1. The van der Waals surface area contributed by atoms with Crippen molar-refractivity contribution in [2.45, 2.75) is 57.4 Å². The zero-order valence-corrected chi connectivity index (χ0v) is 11.3. The maximum Gasteiger partial charge on any atom is 0.305 e. The molecule has 4 saturated carbocycles. The maximum atomic E-state index is 11.1. The Balaban J connectivity index is 1.84. The second-order valence-corrected chi connectivity index (χ2v) is 7.11. The largest absolute Gasteiger partial charge is 0.481 e. The standard InChI is InChI=1S/C15H25NO2/c1-2-15(16,8-13(17)18)14-11-4-9-3-10(6-11)7-12(14)5-9/h9-12,14H,2-8,16H2,1H3,(H,17,18). The second-order valence-electron chi connectivity index (χ2n) is 7.11. The predicted molar refractivity (Wildman–Crippen MR) is 70.0 cm³/mol. The summed E-state index contributed by atoms with van der Waals surface area (Å²) in [6, 6.07) is 0. The molecular formula is C15H25NO2. The molecule has 0 spiro atoms. The third-order valence-corrected chi connectivity index (χ3v) is 6.03. The summed E-state index contributed by atoms with van der Waals surface area (Å²) in [6.45, 7) is 2.06. The highest BCUT2D eigenvalue weighted by molar-refractivity contribution is 5.68. The van der Waals surface area contributed by atoms with Gasteiger partial charge in [-0.25, -0.2) is 0 Å². The number of carboxylic acids is 1. The molecule has 0 aromatic heterocycles. The summed E-state index contributed by atoms with van der Waals surface area (Å²) in [5, 5.41) is 9.15. The van der Waals surface area contributed by atoms with E-state index >= 15 is 0 Å². The minimum Gasteiger partial charge on any atom is -0.481 e. The number of aliphatic carboxylic acids is 1. The highest BCUT2D eigenvalue weighted by Gasteiger charge is 2.54. The fourth-order valence-corrected chi connectivity index (χ4v) is 5.62. The average molecular weight is 251 g/mol. The molecule has 18 heavy (non-hydrogen) atoms. The number of nitrogens with two attached hydrogens (primary N) is 1. The van der Waals surface area contributed by atoms with E-state index in [1.54, 1.807) is 0 Å². The molecule has 3 nitrogen and oxygen atoms in total. The molecule has 0 aromatic carbocycles. The summed E-state index contributed by atoms with van der Waals surface area (Å²) < 4.78 is 0. The van der Waals surface area contributed by atoms with Gasteiger partial charge in [0.25, 0.3) is 0 Å². The van der Waals surface area contributed by atoms with Crippen LogP contribution >= 0.6 is 0 Å². The number of rotatable bonds is 4. The van der Waals surface area contributed by atoms with E-state index in [4.69, 9.17) is 10.8 Å². The molecule has 4 bridgehead atoms. The lowest BCUT2D eigenvalue weighted by atomic mass is 9.47. The van der Waals surface area contributed by atoms with E-state index in [-0.39, 0.29) is 6.42 Å². The number of hydrogen-bond donors (Lipinski definition) is 2. The molecule has 0 aliphatic heterocycles. The molecule has 0 aromatic rings. The van der Waals surface area contributed by atoms with E-state index in [9.17, 15) is 4.79 Å². The number of hydrogen-bond acceptors (Lipinski definition) is 2. The van der Waals surface area contributed by atoms with Crippen LogP contribution in [0.1, 0.15) is 51.9 Å². The first-order chi connectivity index (χ1) is 8.51. The fraction of sp³-hybridized carbons (Fsp3) is 0.933. The summed E-state index contributed by atoms with van der Waals surface area (Å²) in [5.41, 5.74) is 6.08. The van der Waals surface area contributed by atoms with Crippen LogP contribution in [-0.2, 0) is 4.79 Å². The van der Waals surface area contributed by atoms with Crippen LogP contribution in [0.25, 0.3) is 0 Å². The SMILES string of the molecule is CCC(N)(CC(=O)O)C1C2CC3CC(C2)CC1C3. The Morgan fingerprint density at radius 3 is 2.06 bits per heavy atom. The fourth-order valence-electron chi connectivity index (χ4n) is 5.62. The molecule has 3 heteroatoms. The van der Waals surface area contributed by atoms with E-state index < -0.39 is 11.5 Å². The van der Waals surface area contributed by atoms with Crippen LogP contribution in [0.5, 0.6) is 0 Å². The lowest BCUT2D eigenvalue weighted by molar-refractivity contribution is -0.141. The Morgan fingerprint density at radius 1 is 1.17 bits per heavy atom. The van der Waals surface area contributed by atoms with Gasteiger partial charge < -0.3 is 10.8 Å². The number of carboxylic acid groups (broad SMARTS) is 1. The Morgan fingerprint density at radius 2 is 1.67 bits per heavy atom. The van der Waals surface area contributed by atoms with Crippen LogP contribution in [0.2, 0.25) is 0 Å². The summed E-state index contributed by atoms with van der Waals surface area (Å²) in [6.07, 6.45) is 7.64. The minimum atomic E-state index is -0.729. The monoisotopic (exact) mass is 251 g/mol. The van der Waals surface area contributed by atoms with Gasteiger partial charge in [0.2, 0.25) is 0 Å². The van der Waals surface area contributed by atoms with Crippen molar-refractivity contribution in [2.75, 3.05) is 0 Å². The molecule has 4 fully saturated rings. The number of carbonyl (C=O) groups is 1. The lowest BCUT2D eigenvalue weighted by Crippen LogP contribution is -2.59. The summed E-state index contributed by atoms with van der Waals surface area (Å²) in [7, 11) is 0. The highest BCUT2D eigenvalue weighted by atomic mass is 16.4. The third kappa shape index (κ3) is 1.87. The van der Waals surface area contributed by atoms with Gasteiger partial charge in [-0.05, 0) is 68.1 Å². The molecule has 4 aliphatic carbocycles. The second kappa shape index (κ2) is 4.22. The highest BCUT2D eigenvalue weighted by Crippen LogP contribution is 2.59. The quantitative estimate of drug-likeness (QED) is 0.807. The molecule has 0 heterocycles. The molecule has 1 atom stereocenters. The van der Waals surface area contributed by atoms with Gasteiger partial charge in [0.05, 0.1) is 6.42 Å². The lowest BCUT2D eigenvalue weighted by Gasteiger charge is -2.59. The zero-order valence-electron chi connectivity index (χ0n) is 11.3. The van der Waals surface area contributed by atoms with Gasteiger partial charge >= 0.3 is 5.97 Å². The van der Waals surface area contributed by atoms with Gasteiger partial charge in [-0.2, -0.15) is 0 Å². The van der Waals surface area contributed by atoms with Crippen LogP contribution in [0.15, 0.2) is 0 Å². The molecule has 1 unspecified atom stereocenters. The molecule has 0 saturated heterocycles. The first-order valence-electron chi connectivity index (χ1n) is 7.52. The maximum absolute atomic E-state index is 11.1. The van der Waals surface area contributed by atoms with Gasteiger partial charge in [-0.3, -0.25) is 4.79 Å². The topological polar surface area (TPSA) is 63.3 Å². The van der Waals surface area contributed by atoms with Crippen molar-refractivity contribution in [1.29, 1.82) is 0 Å². The predicted octanol–water partition coefficient (Wildman–Crippen LogP) is 2.64. The smallest absolute Gasteiger partial charge is 0.305 e. The van der Waals surface area contributed by atoms with E-state index in [0.717, 1.165) is 18.3 Å². The molecule has 4 rings (SSSR count). The summed E-state index contributed by atoms with van der Waals surface area (Å²) >= 11 is 0. The molecule has 102 valence electrons. The van der Waals surface area contributed by atoms with Crippen molar-refractivity contribution in [2.24, 2.45) is 35.3 Å². The summed E-state index contributed by atoms with van der Waals surface area (Å²) in [5.74, 6) is 3.01. The van der Waals surface area contributed by atoms with E-state index in [2.05, 4.69) is 6.92 Å². The van der Waals surface area contributed by atoms with Crippen molar-refractivity contribution < 1.29 is 9.90 Å². The van der Waals surface area contributed by atoms with Crippen molar-refractivity contribution in [3.05, 3.63) is 0 Å². The third-order valence-electron chi connectivity index (χ3n) is 6.03. The van der Waals surface area contributed by atoms with Gasteiger partial charge in [-0.15, -0.1) is 0 Å².